The van der Waals surface area contributed by atoms with Crippen molar-refractivity contribution in [2.75, 3.05) is 6.54 Å². The van der Waals surface area contributed by atoms with Crippen LogP contribution in [0, 0.1) is 10.1 Å². The van der Waals surface area contributed by atoms with Crippen molar-refractivity contribution in [3.8, 4) is 5.75 Å². The van der Waals surface area contributed by atoms with Crippen molar-refractivity contribution in [2.24, 2.45) is 0 Å². The molecule has 0 radical (unpaired) electrons. The Labute approximate surface area is 173 Å². The summed E-state index contributed by atoms with van der Waals surface area (Å²) in [6.45, 7) is 1.67. The molecular formula is C23H22N4O3. The third-order valence-corrected chi connectivity index (χ3v) is 5.15. The average Bonchev–Trinajstić information content (AvgIpc) is 3.17. The van der Waals surface area contributed by atoms with Gasteiger partial charge in [0.25, 0.3) is 5.69 Å². The lowest BCUT2D eigenvalue weighted by Crippen LogP contribution is -2.26. The van der Waals surface area contributed by atoms with Crippen LogP contribution in [0.25, 0.3) is 10.9 Å². The number of phenols is 1. The number of nitro benzene ring substituents is 1. The minimum absolute atomic E-state index is 0.0304. The first-order valence-electron chi connectivity index (χ1n) is 9.73. The first-order valence-corrected chi connectivity index (χ1v) is 9.73. The van der Waals surface area contributed by atoms with E-state index in [9.17, 15) is 15.2 Å². The SMILES string of the molecule is O=[N+]([O-])c1ccc(O)c(CN(CCc2c[nH]c3ccccc23)Cc2ccccn2)c1. The molecule has 2 N–H and O–H groups in total. The number of para-hydroxylation sites is 1. The number of benzene rings is 2. The number of non-ortho nitro benzene ring substituents is 1. The van der Waals surface area contributed by atoms with E-state index in [1.54, 1.807) is 6.20 Å². The third-order valence-electron chi connectivity index (χ3n) is 5.15. The standard InChI is InChI=1S/C23H22N4O3/c28-23-9-8-20(27(29)30)13-18(23)15-26(16-19-5-3-4-11-24-19)12-10-17-14-25-22-7-2-1-6-21(17)22/h1-9,11,13-14,25,28H,10,12,15-16H2. The largest absolute Gasteiger partial charge is 0.508 e. The molecule has 0 aliphatic carbocycles. The molecule has 0 saturated carbocycles. The molecule has 2 heterocycles. The van der Waals surface area contributed by atoms with Gasteiger partial charge in [-0.2, -0.15) is 0 Å². The van der Waals surface area contributed by atoms with Crippen molar-refractivity contribution in [3.63, 3.8) is 0 Å². The molecule has 7 heteroatoms. The van der Waals surface area contributed by atoms with E-state index >= 15 is 0 Å². The Kier molecular flexibility index (Phi) is 5.72. The summed E-state index contributed by atoms with van der Waals surface area (Å²) in [4.78, 5) is 20.5. The van der Waals surface area contributed by atoms with Crippen LogP contribution < -0.4 is 0 Å². The number of fused-ring (bicyclic) bond motifs is 1. The average molecular weight is 402 g/mol. The van der Waals surface area contributed by atoms with Gasteiger partial charge in [-0.3, -0.25) is 20.0 Å². The molecule has 0 saturated heterocycles. The second kappa shape index (κ2) is 8.75. The van der Waals surface area contributed by atoms with Crippen molar-refractivity contribution in [1.82, 2.24) is 14.9 Å². The number of aromatic hydroxyl groups is 1. The number of rotatable bonds is 8. The van der Waals surface area contributed by atoms with Crippen LogP contribution in [0.2, 0.25) is 0 Å². The Morgan fingerprint density at radius 3 is 2.67 bits per heavy atom. The van der Waals surface area contributed by atoms with Crippen LogP contribution in [0.15, 0.2) is 73.1 Å². The van der Waals surface area contributed by atoms with Gasteiger partial charge in [-0.1, -0.05) is 24.3 Å². The maximum atomic E-state index is 11.1. The summed E-state index contributed by atoms with van der Waals surface area (Å²) in [5, 5.41) is 22.6. The number of hydrogen-bond donors (Lipinski definition) is 2. The van der Waals surface area contributed by atoms with E-state index < -0.39 is 4.92 Å². The molecule has 0 amide bonds. The number of nitrogens with zero attached hydrogens (tertiary/aromatic N) is 3. The van der Waals surface area contributed by atoms with E-state index in [0.29, 0.717) is 25.2 Å². The molecule has 30 heavy (non-hydrogen) atoms. The van der Waals surface area contributed by atoms with Crippen LogP contribution in [0.3, 0.4) is 0 Å². The number of hydrogen-bond acceptors (Lipinski definition) is 5. The van der Waals surface area contributed by atoms with E-state index in [1.165, 1.54) is 29.1 Å². The molecule has 4 aromatic rings. The quantitative estimate of drug-likeness (QED) is 0.336. The van der Waals surface area contributed by atoms with E-state index in [4.69, 9.17) is 0 Å². The minimum Gasteiger partial charge on any atom is -0.508 e. The first-order chi connectivity index (χ1) is 14.6. The van der Waals surface area contributed by atoms with Crippen LogP contribution in [0.4, 0.5) is 5.69 Å². The predicted octanol–water partition coefficient (Wildman–Crippen LogP) is 4.42. The molecule has 2 aromatic carbocycles. The van der Waals surface area contributed by atoms with Gasteiger partial charge in [-0.25, -0.2) is 0 Å². The van der Waals surface area contributed by atoms with Crippen LogP contribution in [0.1, 0.15) is 16.8 Å². The smallest absolute Gasteiger partial charge is 0.270 e. The fraction of sp³-hybridized carbons (Fsp3) is 0.174. The van der Waals surface area contributed by atoms with E-state index in [2.05, 4.69) is 20.9 Å². The summed E-state index contributed by atoms with van der Waals surface area (Å²) >= 11 is 0. The molecule has 152 valence electrons. The summed E-state index contributed by atoms with van der Waals surface area (Å²) in [5.41, 5.74) is 3.71. The molecule has 0 fully saturated rings. The number of aromatic amines is 1. The van der Waals surface area contributed by atoms with Gasteiger partial charge >= 0.3 is 0 Å². The lowest BCUT2D eigenvalue weighted by Gasteiger charge is -2.22. The molecule has 2 aromatic heterocycles. The van der Waals surface area contributed by atoms with Crippen LogP contribution in [-0.2, 0) is 19.5 Å². The molecule has 4 rings (SSSR count). The van der Waals surface area contributed by atoms with Crippen molar-refractivity contribution in [3.05, 3.63) is 100.0 Å². The Bertz CT molecular complexity index is 1160. The predicted molar refractivity (Wildman–Crippen MR) is 115 cm³/mol. The highest BCUT2D eigenvalue weighted by atomic mass is 16.6. The van der Waals surface area contributed by atoms with Crippen molar-refractivity contribution in [1.29, 1.82) is 0 Å². The van der Waals surface area contributed by atoms with Crippen molar-refractivity contribution < 1.29 is 10.0 Å². The summed E-state index contributed by atoms with van der Waals surface area (Å²) in [5.74, 6) is 0.0544. The Morgan fingerprint density at radius 2 is 1.87 bits per heavy atom. The van der Waals surface area contributed by atoms with Gasteiger partial charge in [0, 0.05) is 60.6 Å². The molecule has 0 unspecified atom stereocenters. The Morgan fingerprint density at radius 1 is 1.03 bits per heavy atom. The zero-order valence-electron chi connectivity index (χ0n) is 16.4. The highest BCUT2D eigenvalue weighted by molar-refractivity contribution is 5.83. The number of aromatic nitrogens is 2. The molecule has 0 bridgehead atoms. The van der Waals surface area contributed by atoms with Crippen LogP contribution in [0.5, 0.6) is 5.75 Å². The van der Waals surface area contributed by atoms with E-state index in [0.717, 1.165) is 17.6 Å². The first kappa shape index (κ1) is 19.6. The zero-order chi connectivity index (χ0) is 20.9. The number of pyridine rings is 1. The summed E-state index contributed by atoms with van der Waals surface area (Å²) < 4.78 is 0. The fourth-order valence-corrected chi connectivity index (χ4v) is 3.60. The maximum absolute atomic E-state index is 11.1. The third kappa shape index (κ3) is 4.47. The van der Waals surface area contributed by atoms with E-state index in [1.807, 2.05) is 42.6 Å². The fourth-order valence-electron chi connectivity index (χ4n) is 3.60. The number of H-pyrrole nitrogens is 1. The Hall–Kier alpha value is -3.71. The van der Waals surface area contributed by atoms with Gasteiger partial charge < -0.3 is 10.1 Å². The number of nitro groups is 1. The summed E-state index contributed by atoms with van der Waals surface area (Å²) in [6.07, 6.45) is 4.57. The lowest BCUT2D eigenvalue weighted by molar-refractivity contribution is -0.385. The second-order valence-electron chi connectivity index (χ2n) is 7.21. The molecule has 0 atom stereocenters. The summed E-state index contributed by atoms with van der Waals surface area (Å²) in [6, 6.07) is 18.0. The summed E-state index contributed by atoms with van der Waals surface area (Å²) in [7, 11) is 0. The normalized spacial score (nSPS) is 11.2. The lowest BCUT2D eigenvalue weighted by atomic mass is 10.1. The number of nitrogens with one attached hydrogen (secondary N) is 1. The van der Waals surface area contributed by atoms with Crippen molar-refractivity contribution in [2.45, 2.75) is 19.5 Å². The second-order valence-corrected chi connectivity index (χ2v) is 7.21. The van der Waals surface area contributed by atoms with Crippen LogP contribution in [-0.4, -0.2) is 31.4 Å². The number of phenolic OH excluding ortho intramolecular Hbond substituents is 1. The highest BCUT2D eigenvalue weighted by Gasteiger charge is 2.15. The van der Waals surface area contributed by atoms with Crippen molar-refractivity contribution >= 4 is 16.6 Å². The molecule has 0 aliphatic heterocycles. The van der Waals surface area contributed by atoms with Gasteiger partial charge in [0.1, 0.15) is 5.75 Å². The molecular weight excluding hydrogens is 380 g/mol. The molecule has 0 spiro atoms. The van der Waals surface area contributed by atoms with Gasteiger partial charge in [-0.15, -0.1) is 0 Å². The van der Waals surface area contributed by atoms with Gasteiger partial charge in [-0.05, 0) is 36.2 Å². The molecule has 7 nitrogen and oxygen atoms in total. The van der Waals surface area contributed by atoms with Crippen LogP contribution >= 0.6 is 0 Å². The maximum Gasteiger partial charge on any atom is 0.270 e. The van der Waals surface area contributed by atoms with Gasteiger partial charge in [0.15, 0.2) is 0 Å². The highest BCUT2D eigenvalue weighted by Crippen LogP contribution is 2.25. The zero-order valence-corrected chi connectivity index (χ0v) is 16.4. The molecule has 0 aliphatic rings. The van der Waals surface area contributed by atoms with E-state index in [-0.39, 0.29) is 11.4 Å². The van der Waals surface area contributed by atoms with Gasteiger partial charge in [0.05, 0.1) is 10.6 Å². The minimum atomic E-state index is -0.446. The Balaban J connectivity index is 1.56. The topological polar surface area (TPSA) is 95.3 Å². The monoisotopic (exact) mass is 402 g/mol. The van der Waals surface area contributed by atoms with Gasteiger partial charge in [0.2, 0.25) is 0 Å².